The van der Waals surface area contributed by atoms with Gasteiger partial charge in [0.1, 0.15) is 5.75 Å². The second kappa shape index (κ2) is 7.29. The number of rotatable bonds is 5. The summed E-state index contributed by atoms with van der Waals surface area (Å²) in [6.07, 6.45) is 2.48. The van der Waals surface area contributed by atoms with Gasteiger partial charge in [0.2, 0.25) is 5.91 Å². The molecule has 1 aliphatic carbocycles. The first-order valence-corrected chi connectivity index (χ1v) is 7.64. The van der Waals surface area contributed by atoms with E-state index >= 15 is 0 Å². The van der Waals surface area contributed by atoms with Gasteiger partial charge in [-0.25, -0.2) is 0 Å². The normalized spacial score (nSPS) is 21.2. The molecule has 0 bridgehead atoms. The summed E-state index contributed by atoms with van der Waals surface area (Å²) in [6, 6.07) is 5.87. The first-order chi connectivity index (χ1) is 10.5. The van der Waals surface area contributed by atoms with Gasteiger partial charge in [0.15, 0.2) is 0 Å². The van der Waals surface area contributed by atoms with Crippen molar-refractivity contribution in [1.82, 2.24) is 5.32 Å². The number of hydrogen-bond donors (Lipinski definition) is 2. The minimum atomic E-state index is -0.745. The van der Waals surface area contributed by atoms with Crippen LogP contribution in [0.4, 0.5) is 0 Å². The molecule has 0 heterocycles. The number of carboxylic acid groups (broad SMARTS) is 1. The zero-order valence-electron chi connectivity index (χ0n) is 13.1. The maximum absolute atomic E-state index is 12.2. The highest BCUT2D eigenvalue weighted by Gasteiger charge is 2.29. The number of hydrogen-bond acceptors (Lipinski definition) is 3. The van der Waals surface area contributed by atoms with Crippen LogP contribution in [0.3, 0.4) is 0 Å². The fourth-order valence-corrected chi connectivity index (χ4v) is 2.98. The lowest BCUT2D eigenvalue weighted by molar-refractivity contribution is -0.144. The molecule has 22 heavy (non-hydrogen) atoms. The quantitative estimate of drug-likeness (QED) is 0.876. The van der Waals surface area contributed by atoms with Crippen LogP contribution in [0, 0.1) is 18.8 Å². The maximum Gasteiger partial charge on any atom is 0.306 e. The molecule has 0 aromatic heterocycles. The van der Waals surface area contributed by atoms with Crippen molar-refractivity contribution in [3.05, 3.63) is 29.3 Å². The van der Waals surface area contributed by atoms with Crippen molar-refractivity contribution in [1.29, 1.82) is 0 Å². The fourth-order valence-electron chi connectivity index (χ4n) is 2.98. The number of carbonyl (C=O) groups is 2. The van der Waals surface area contributed by atoms with Gasteiger partial charge in [0.25, 0.3) is 0 Å². The van der Waals surface area contributed by atoms with Crippen LogP contribution in [-0.2, 0) is 16.1 Å². The van der Waals surface area contributed by atoms with E-state index in [-0.39, 0.29) is 17.7 Å². The van der Waals surface area contributed by atoms with E-state index in [1.54, 1.807) is 7.11 Å². The molecule has 120 valence electrons. The summed E-state index contributed by atoms with van der Waals surface area (Å²) in [5.41, 5.74) is 2.09. The number of carbonyl (C=O) groups excluding carboxylic acids is 1. The molecule has 0 saturated heterocycles. The Bertz CT molecular complexity index is 548. The Labute approximate surface area is 130 Å². The predicted octanol–water partition coefficient (Wildman–Crippen LogP) is 2.51. The number of ether oxygens (including phenoxy) is 1. The highest BCUT2D eigenvalue weighted by Crippen LogP contribution is 2.29. The largest absolute Gasteiger partial charge is 0.497 e. The monoisotopic (exact) mass is 305 g/mol. The van der Waals surface area contributed by atoms with Gasteiger partial charge in [-0.2, -0.15) is 0 Å². The van der Waals surface area contributed by atoms with Crippen molar-refractivity contribution in [2.24, 2.45) is 11.8 Å². The van der Waals surface area contributed by atoms with Crippen molar-refractivity contribution in [3.63, 3.8) is 0 Å². The average Bonchev–Trinajstić information content (AvgIpc) is 2.52. The molecule has 0 unspecified atom stereocenters. The van der Waals surface area contributed by atoms with Gasteiger partial charge in [-0.1, -0.05) is 6.07 Å². The second-order valence-corrected chi connectivity index (χ2v) is 5.96. The van der Waals surface area contributed by atoms with Crippen molar-refractivity contribution >= 4 is 11.9 Å². The van der Waals surface area contributed by atoms with E-state index in [0.29, 0.717) is 32.2 Å². The summed E-state index contributed by atoms with van der Waals surface area (Å²) >= 11 is 0. The van der Waals surface area contributed by atoms with E-state index in [0.717, 1.165) is 16.9 Å². The topological polar surface area (TPSA) is 75.6 Å². The van der Waals surface area contributed by atoms with Crippen molar-refractivity contribution in [2.45, 2.75) is 39.2 Å². The SMILES string of the molecule is COc1cc(C)cc(CNC(=O)C2CCC(C(=O)O)CC2)c1. The van der Waals surface area contributed by atoms with Gasteiger partial charge < -0.3 is 15.2 Å². The Morgan fingerprint density at radius 3 is 2.41 bits per heavy atom. The summed E-state index contributed by atoms with van der Waals surface area (Å²) in [4.78, 5) is 23.1. The fraction of sp³-hybridized carbons (Fsp3) is 0.529. The standard InChI is InChI=1S/C17H23NO4/c1-11-7-12(9-15(8-11)22-2)10-18-16(19)13-3-5-14(6-4-13)17(20)21/h7-9,13-14H,3-6,10H2,1-2H3,(H,18,19)(H,20,21). The smallest absolute Gasteiger partial charge is 0.306 e. The molecule has 0 aliphatic heterocycles. The summed E-state index contributed by atoms with van der Waals surface area (Å²) in [6.45, 7) is 2.46. The molecular formula is C17H23NO4. The summed E-state index contributed by atoms with van der Waals surface area (Å²) in [5.74, 6) is -0.298. The van der Waals surface area contributed by atoms with Gasteiger partial charge in [-0.15, -0.1) is 0 Å². The van der Waals surface area contributed by atoms with Crippen LogP contribution in [0.25, 0.3) is 0 Å². The highest BCUT2D eigenvalue weighted by atomic mass is 16.5. The van der Waals surface area contributed by atoms with Crippen LogP contribution in [0.1, 0.15) is 36.8 Å². The lowest BCUT2D eigenvalue weighted by Crippen LogP contribution is -2.34. The molecule has 2 N–H and O–H groups in total. The van der Waals surface area contributed by atoms with Gasteiger partial charge in [0, 0.05) is 12.5 Å². The molecule has 1 aliphatic rings. The number of aryl methyl sites for hydroxylation is 1. The molecule has 5 heteroatoms. The third-order valence-electron chi connectivity index (χ3n) is 4.26. The van der Waals surface area contributed by atoms with Crippen molar-refractivity contribution in [2.75, 3.05) is 7.11 Å². The number of carboxylic acids is 1. The number of aliphatic carboxylic acids is 1. The summed E-state index contributed by atoms with van der Waals surface area (Å²) < 4.78 is 5.22. The maximum atomic E-state index is 12.2. The second-order valence-electron chi connectivity index (χ2n) is 5.96. The van der Waals surface area contributed by atoms with Crippen LogP contribution < -0.4 is 10.1 Å². The number of methoxy groups -OCH3 is 1. The molecule has 1 saturated carbocycles. The molecule has 0 spiro atoms. The molecule has 0 radical (unpaired) electrons. The van der Waals surface area contributed by atoms with E-state index in [9.17, 15) is 9.59 Å². The Kier molecular flexibility index (Phi) is 5.41. The van der Waals surface area contributed by atoms with E-state index in [2.05, 4.69) is 5.32 Å². The van der Waals surface area contributed by atoms with E-state index in [1.807, 2.05) is 25.1 Å². The first kappa shape index (κ1) is 16.3. The first-order valence-electron chi connectivity index (χ1n) is 7.64. The summed E-state index contributed by atoms with van der Waals surface area (Å²) in [5, 5.41) is 11.9. The Morgan fingerprint density at radius 1 is 1.18 bits per heavy atom. The Hall–Kier alpha value is -2.04. The van der Waals surface area contributed by atoms with Gasteiger partial charge in [0.05, 0.1) is 13.0 Å². The third kappa shape index (κ3) is 4.23. The molecule has 1 aromatic carbocycles. The minimum absolute atomic E-state index is 0.0179. The molecule has 1 fully saturated rings. The lowest BCUT2D eigenvalue weighted by atomic mass is 9.81. The van der Waals surface area contributed by atoms with Crippen LogP contribution in [0.5, 0.6) is 5.75 Å². The third-order valence-corrected chi connectivity index (χ3v) is 4.26. The minimum Gasteiger partial charge on any atom is -0.497 e. The number of nitrogens with one attached hydrogen (secondary N) is 1. The highest BCUT2D eigenvalue weighted by molar-refractivity contribution is 5.79. The predicted molar refractivity (Wildman–Crippen MR) is 82.7 cm³/mol. The van der Waals surface area contributed by atoms with E-state index in [1.165, 1.54) is 0 Å². The van der Waals surface area contributed by atoms with Crippen LogP contribution >= 0.6 is 0 Å². The molecule has 5 nitrogen and oxygen atoms in total. The van der Waals surface area contributed by atoms with E-state index < -0.39 is 5.97 Å². The van der Waals surface area contributed by atoms with Crippen molar-refractivity contribution in [3.8, 4) is 5.75 Å². The number of benzene rings is 1. The van der Waals surface area contributed by atoms with Crippen LogP contribution in [-0.4, -0.2) is 24.1 Å². The average molecular weight is 305 g/mol. The molecule has 1 aromatic rings. The van der Waals surface area contributed by atoms with Gasteiger partial charge in [-0.3, -0.25) is 9.59 Å². The van der Waals surface area contributed by atoms with Crippen LogP contribution in [0.2, 0.25) is 0 Å². The molecular weight excluding hydrogens is 282 g/mol. The van der Waals surface area contributed by atoms with E-state index in [4.69, 9.17) is 9.84 Å². The number of amides is 1. The molecule has 2 rings (SSSR count). The van der Waals surface area contributed by atoms with Crippen LogP contribution in [0.15, 0.2) is 18.2 Å². The van der Waals surface area contributed by atoms with Gasteiger partial charge in [-0.05, 0) is 55.9 Å². The molecule has 1 amide bonds. The Balaban J connectivity index is 1.86. The lowest BCUT2D eigenvalue weighted by Gasteiger charge is -2.25. The Morgan fingerprint density at radius 2 is 1.82 bits per heavy atom. The zero-order chi connectivity index (χ0) is 16.1. The van der Waals surface area contributed by atoms with Crippen molar-refractivity contribution < 1.29 is 19.4 Å². The zero-order valence-corrected chi connectivity index (χ0v) is 13.1. The van der Waals surface area contributed by atoms with Gasteiger partial charge >= 0.3 is 5.97 Å². The molecule has 0 atom stereocenters. The summed E-state index contributed by atoms with van der Waals surface area (Å²) in [7, 11) is 1.62.